The van der Waals surface area contributed by atoms with Crippen LogP contribution in [0.2, 0.25) is 5.02 Å². The molecule has 25 heavy (non-hydrogen) atoms. The van der Waals surface area contributed by atoms with E-state index in [0.29, 0.717) is 17.1 Å². The van der Waals surface area contributed by atoms with E-state index in [1.165, 1.54) is 0 Å². The number of carbonyl (C=O) groups excluding carboxylic acids is 2. The molecular formula is C19H16Cl2N2O2. The molecule has 1 heterocycles. The number of rotatable bonds is 5. The minimum atomic E-state index is -0.482. The summed E-state index contributed by atoms with van der Waals surface area (Å²) in [6.45, 7) is 2.15. The first-order chi connectivity index (χ1) is 12.0. The van der Waals surface area contributed by atoms with E-state index in [-0.39, 0.29) is 17.3 Å². The topological polar surface area (TPSA) is 49.4 Å². The van der Waals surface area contributed by atoms with Crippen LogP contribution in [0.3, 0.4) is 0 Å². The van der Waals surface area contributed by atoms with Crippen LogP contribution in [0.1, 0.15) is 11.1 Å². The first-order valence-corrected chi connectivity index (χ1v) is 8.56. The smallest absolute Gasteiger partial charge is 0.278 e. The molecule has 0 radical (unpaired) electrons. The Morgan fingerprint density at radius 3 is 2.44 bits per heavy atom. The summed E-state index contributed by atoms with van der Waals surface area (Å²) in [5.41, 5.74) is 2.67. The van der Waals surface area contributed by atoms with E-state index in [1.54, 1.807) is 12.1 Å². The number of hydrogen-bond acceptors (Lipinski definition) is 3. The maximum atomic E-state index is 12.6. The summed E-state index contributed by atoms with van der Waals surface area (Å²) in [6, 6.07) is 14.9. The van der Waals surface area contributed by atoms with Gasteiger partial charge in [-0.2, -0.15) is 0 Å². The molecule has 1 N–H and O–H groups in total. The van der Waals surface area contributed by atoms with Crippen molar-refractivity contribution in [3.8, 4) is 0 Å². The lowest BCUT2D eigenvalue weighted by Crippen LogP contribution is -2.34. The molecule has 0 spiro atoms. The van der Waals surface area contributed by atoms with E-state index < -0.39 is 11.8 Å². The van der Waals surface area contributed by atoms with Crippen molar-refractivity contribution in [1.29, 1.82) is 0 Å². The van der Waals surface area contributed by atoms with Gasteiger partial charge >= 0.3 is 0 Å². The minimum absolute atomic E-state index is 0.0881. The maximum absolute atomic E-state index is 12.6. The van der Waals surface area contributed by atoms with E-state index in [4.69, 9.17) is 23.2 Å². The predicted molar refractivity (Wildman–Crippen MR) is 99.6 cm³/mol. The van der Waals surface area contributed by atoms with Gasteiger partial charge in [0, 0.05) is 17.3 Å². The Kier molecular flexibility index (Phi) is 5.11. The molecule has 2 aromatic carbocycles. The molecule has 0 aromatic heterocycles. The van der Waals surface area contributed by atoms with E-state index in [9.17, 15) is 9.59 Å². The van der Waals surface area contributed by atoms with E-state index in [2.05, 4.69) is 5.32 Å². The second-order valence-corrected chi connectivity index (χ2v) is 6.59. The summed E-state index contributed by atoms with van der Waals surface area (Å²) in [7, 11) is 0. The van der Waals surface area contributed by atoms with Gasteiger partial charge in [0.2, 0.25) is 0 Å². The highest BCUT2D eigenvalue weighted by Gasteiger charge is 2.37. The van der Waals surface area contributed by atoms with Gasteiger partial charge in [0.1, 0.15) is 10.7 Å². The average Bonchev–Trinajstić information content (AvgIpc) is 2.81. The van der Waals surface area contributed by atoms with Gasteiger partial charge in [-0.3, -0.25) is 14.5 Å². The summed E-state index contributed by atoms with van der Waals surface area (Å²) in [5, 5.41) is 3.39. The van der Waals surface area contributed by atoms with Crippen molar-refractivity contribution in [2.45, 2.75) is 13.3 Å². The van der Waals surface area contributed by atoms with Crippen LogP contribution in [-0.2, 0) is 16.0 Å². The SMILES string of the molecule is Cc1ccc(Cl)cc1NC1=C(Cl)C(=O)N(CCc2ccccc2)C1=O. The molecule has 0 aliphatic carbocycles. The molecule has 0 fully saturated rings. The fraction of sp³-hybridized carbons (Fsp3) is 0.158. The summed E-state index contributed by atoms with van der Waals surface area (Å²) in [6.07, 6.45) is 0.575. The highest BCUT2D eigenvalue weighted by Crippen LogP contribution is 2.28. The minimum Gasteiger partial charge on any atom is -0.349 e. The molecule has 0 saturated heterocycles. The van der Waals surface area contributed by atoms with Crippen LogP contribution in [0.15, 0.2) is 59.3 Å². The normalized spacial score (nSPS) is 14.4. The van der Waals surface area contributed by atoms with Crippen LogP contribution < -0.4 is 5.32 Å². The lowest BCUT2D eigenvalue weighted by atomic mass is 10.1. The van der Waals surface area contributed by atoms with Crippen LogP contribution in [0.25, 0.3) is 0 Å². The van der Waals surface area contributed by atoms with Gasteiger partial charge in [0.05, 0.1) is 0 Å². The number of carbonyl (C=O) groups is 2. The Morgan fingerprint density at radius 2 is 1.72 bits per heavy atom. The molecule has 4 nitrogen and oxygen atoms in total. The Labute approximate surface area is 156 Å². The summed E-state index contributed by atoms with van der Waals surface area (Å²) in [4.78, 5) is 26.1. The third kappa shape index (κ3) is 3.70. The van der Waals surface area contributed by atoms with Gasteiger partial charge < -0.3 is 5.32 Å². The molecule has 2 amide bonds. The Balaban J connectivity index is 1.76. The van der Waals surface area contributed by atoms with Crippen LogP contribution in [-0.4, -0.2) is 23.3 Å². The summed E-state index contributed by atoms with van der Waals surface area (Å²) < 4.78 is 0. The number of nitrogens with one attached hydrogen (secondary N) is 1. The highest BCUT2D eigenvalue weighted by atomic mass is 35.5. The number of hydrogen-bond donors (Lipinski definition) is 1. The van der Waals surface area contributed by atoms with Gasteiger partial charge in [0.15, 0.2) is 0 Å². The molecule has 128 valence electrons. The van der Waals surface area contributed by atoms with Crippen molar-refractivity contribution in [2.75, 3.05) is 11.9 Å². The highest BCUT2D eigenvalue weighted by molar-refractivity contribution is 6.48. The fourth-order valence-corrected chi connectivity index (χ4v) is 3.01. The van der Waals surface area contributed by atoms with E-state index >= 15 is 0 Å². The lowest BCUT2D eigenvalue weighted by Gasteiger charge is -2.15. The van der Waals surface area contributed by atoms with Crippen LogP contribution in [0.5, 0.6) is 0 Å². The zero-order valence-corrected chi connectivity index (χ0v) is 15.1. The van der Waals surface area contributed by atoms with Crippen LogP contribution in [0, 0.1) is 6.92 Å². The molecule has 6 heteroatoms. The average molecular weight is 375 g/mol. The van der Waals surface area contributed by atoms with Crippen molar-refractivity contribution in [2.24, 2.45) is 0 Å². The van der Waals surface area contributed by atoms with Crippen molar-refractivity contribution >= 4 is 40.7 Å². The molecule has 1 aliphatic rings. The second-order valence-electron chi connectivity index (χ2n) is 5.77. The zero-order valence-electron chi connectivity index (χ0n) is 13.6. The van der Waals surface area contributed by atoms with Crippen molar-refractivity contribution in [3.63, 3.8) is 0 Å². The fourth-order valence-electron chi connectivity index (χ4n) is 2.61. The number of halogens is 2. The van der Waals surface area contributed by atoms with Crippen molar-refractivity contribution < 1.29 is 9.59 Å². The third-order valence-corrected chi connectivity index (χ3v) is 4.62. The van der Waals surface area contributed by atoms with Crippen LogP contribution >= 0.6 is 23.2 Å². The summed E-state index contributed by atoms with van der Waals surface area (Å²) >= 11 is 12.1. The maximum Gasteiger partial charge on any atom is 0.278 e. The molecule has 2 aromatic rings. The van der Waals surface area contributed by atoms with Gasteiger partial charge in [-0.1, -0.05) is 59.6 Å². The van der Waals surface area contributed by atoms with Gasteiger partial charge in [-0.15, -0.1) is 0 Å². The molecule has 1 aliphatic heterocycles. The largest absolute Gasteiger partial charge is 0.349 e. The van der Waals surface area contributed by atoms with Crippen molar-refractivity contribution in [1.82, 2.24) is 4.90 Å². The molecule has 0 atom stereocenters. The zero-order chi connectivity index (χ0) is 18.0. The quantitative estimate of drug-likeness (QED) is 0.800. The number of amides is 2. The van der Waals surface area contributed by atoms with Gasteiger partial charge in [-0.25, -0.2) is 0 Å². The first-order valence-electron chi connectivity index (χ1n) is 7.80. The third-order valence-electron chi connectivity index (χ3n) is 4.04. The van der Waals surface area contributed by atoms with E-state index in [0.717, 1.165) is 16.0 Å². The van der Waals surface area contributed by atoms with Crippen molar-refractivity contribution in [3.05, 3.63) is 75.4 Å². The van der Waals surface area contributed by atoms with Crippen LogP contribution in [0.4, 0.5) is 5.69 Å². The predicted octanol–water partition coefficient (Wildman–Crippen LogP) is 4.12. The molecule has 0 unspecified atom stereocenters. The number of aryl methyl sites for hydroxylation is 1. The number of benzene rings is 2. The number of nitrogens with zero attached hydrogens (tertiary/aromatic N) is 1. The molecule has 0 saturated carbocycles. The Hall–Kier alpha value is -2.30. The molecule has 3 rings (SSSR count). The Morgan fingerprint density at radius 1 is 1.00 bits per heavy atom. The first kappa shape index (κ1) is 17.5. The van der Waals surface area contributed by atoms with Gasteiger partial charge in [0.25, 0.3) is 11.8 Å². The monoisotopic (exact) mass is 374 g/mol. The lowest BCUT2D eigenvalue weighted by molar-refractivity contribution is -0.137. The van der Waals surface area contributed by atoms with E-state index in [1.807, 2.05) is 43.3 Å². The second kappa shape index (κ2) is 7.30. The Bertz CT molecular complexity index is 863. The molecule has 0 bridgehead atoms. The van der Waals surface area contributed by atoms with Gasteiger partial charge in [-0.05, 0) is 36.6 Å². The molecular weight excluding hydrogens is 359 g/mol. The number of anilines is 1. The number of imide groups is 1. The summed E-state index contributed by atoms with van der Waals surface area (Å²) in [5.74, 6) is -0.907. The standard InChI is InChI=1S/C19H16Cl2N2O2/c1-12-7-8-14(20)11-15(12)22-17-16(21)18(24)23(19(17)25)10-9-13-5-3-2-4-6-13/h2-8,11,22H,9-10H2,1H3.